The van der Waals surface area contributed by atoms with Gasteiger partial charge in [0.2, 0.25) is 0 Å². The normalized spacial score (nSPS) is 10.6. The van der Waals surface area contributed by atoms with Crippen LogP contribution in [0.3, 0.4) is 0 Å². The number of halogens is 1. The number of nitrogen functional groups attached to an aromatic ring is 1. The van der Waals surface area contributed by atoms with E-state index in [1.54, 1.807) is 23.1 Å². The molecule has 0 bridgehead atoms. The number of nitrogens with two attached hydrogens (primary N) is 1. The molecule has 1 aromatic carbocycles. The molecule has 0 atom stereocenters. The van der Waals surface area contributed by atoms with Crippen LogP contribution in [0.25, 0.3) is 0 Å². The monoisotopic (exact) mass is 313 g/mol. The lowest BCUT2D eigenvalue weighted by molar-refractivity contribution is 1.35. The predicted molar refractivity (Wildman–Crippen MR) is 77.2 cm³/mol. The smallest absolute Gasteiger partial charge is 0.0701 e. The maximum Gasteiger partial charge on any atom is 0.0701 e. The number of hydrogen-bond acceptors (Lipinski definition) is 3. The van der Waals surface area contributed by atoms with Gasteiger partial charge in [-0.05, 0) is 57.6 Å². The molecule has 0 saturated heterocycles. The van der Waals surface area contributed by atoms with Crippen molar-refractivity contribution >= 4 is 44.7 Å². The van der Waals surface area contributed by atoms with E-state index < -0.39 is 0 Å². The summed E-state index contributed by atoms with van der Waals surface area (Å²) in [6, 6.07) is 8.31. The van der Waals surface area contributed by atoms with Gasteiger partial charge >= 0.3 is 0 Å². The predicted octanol–water partition coefficient (Wildman–Crippen LogP) is 4.69. The van der Waals surface area contributed by atoms with Gasteiger partial charge in [0, 0.05) is 16.3 Å². The fourth-order valence-corrected chi connectivity index (χ4v) is 3.66. The zero-order chi connectivity index (χ0) is 11.5. The van der Waals surface area contributed by atoms with Crippen LogP contribution >= 0.6 is 39.0 Å². The second-order valence-electron chi connectivity index (χ2n) is 3.59. The molecular weight excluding hydrogens is 302 g/mol. The first-order chi connectivity index (χ1) is 7.65. The number of hydrogen-bond donors (Lipinski definition) is 1. The Hall–Kier alpha value is -0.450. The lowest BCUT2D eigenvalue weighted by Gasteiger charge is -2.05. The van der Waals surface area contributed by atoms with Gasteiger partial charge in [0.15, 0.2) is 0 Å². The third-order valence-corrected chi connectivity index (χ3v) is 4.88. The summed E-state index contributed by atoms with van der Waals surface area (Å²) in [6.45, 7) is 2.09. The lowest BCUT2D eigenvalue weighted by atomic mass is 10.2. The quantitative estimate of drug-likeness (QED) is 0.657. The third kappa shape index (κ3) is 3.03. The maximum atomic E-state index is 5.93. The van der Waals surface area contributed by atoms with E-state index in [1.165, 1.54) is 19.8 Å². The topological polar surface area (TPSA) is 26.0 Å². The number of anilines is 1. The van der Waals surface area contributed by atoms with E-state index in [-0.39, 0.29) is 0 Å². The fraction of sp³-hybridized carbons (Fsp3) is 0.167. The van der Waals surface area contributed by atoms with E-state index in [0.717, 1.165) is 11.4 Å². The van der Waals surface area contributed by atoms with Gasteiger partial charge in [-0.25, -0.2) is 0 Å². The molecule has 0 aliphatic carbocycles. The van der Waals surface area contributed by atoms with Crippen LogP contribution in [0.15, 0.2) is 38.3 Å². The van der Waals surface area contributed by atoms with Crippen molar-refractivity contribution in [3.05, 3.63) is 44.6 Å². The number of thiophene rings is 1. The van der Waals surface area contributed by atoms with E-state index in [4.69, 9.17) is 5.73 Å². The highest BCUT2D eigenvalue weighted by Crippen LogP contribution is 2.31. The number of thioether (sulfide) groups is 1. The molecule has 0 radical (unpaired) electrons. The van der Waals surface area contributed by atoms with Crippen molar-refractivity contribution in [1.29, 1.82) is 0 Å². The molecule has 0 fully saturated rings. The molecule has 4 heteroatoms. The molecule has 1 nitrogen and oxygen atoms in total. The molecule has 2 rings (SSSR count). The summed E-state index contributed by atoms with van der Waals surface area (Å²) in [5.41, 5.74) is 9.39. The standard InChI is InChI=1S/C12H12BrNS2/c1-8-2-3-10(14)11(4-8)15-6-9-5-12(13)16-7-9/h2-5,7H,6,14H2,1H3. The van der Waals surface area contributed by atoms with E-state index in [2.05, 4.69) is 40.4 Å². The van der Waals surface area contributed by atoms with Gasteiger partial charge in [-0.1, -0.05) is 6.07 Å². The molecule has 0 spiro atoms. The highest BCUT2D eigenvalue weighted by molar-refractivity contribution is 9.11. The summed E-state index contributed by atoms with van der Waals surface area (Å²) < 4.78 is 1.18. The molecule has 0 amide bonds. The Morgan fingerprint density at radius 2 is 2.19 bits per heavy atom. The highest BCUT2D eigenvalue weighted by atomic mass is 79.9. The molecule has 0 unspecified atom stereocenters. The Morgan fingerprint density at radius 1 is 1.38 bits per heavy atom. The van der Waals surface area contributed by atoms with Crippen molar-refractivity contribution in [1.82, 2.24) is 0 Å². The minimum atomic E-state index is 0.866. The lowest BCUT2D eigenvalue weighted by Crippen LogP contribution is -1.89. The average molecular weight is 314 g/mol. The Kier molecular flexibility index (Phi) is 3.95. The maximum absolute atomic E-state index is 5.93. The van der Waals surface area contributed by atoms with Gasteiger partial charge in [0.25, 0.3) is 0 Å². The SMILES string of the molecule is Cc1ccc(N)c(SCc2csc(Br)c2)c1. The van der Waals surface area contributed by atoms with Crippen molar-refractivity contribution in [3.8, 4) is 0 Å². The van der Waals surface area contributed by atoms with Crippen molar-refractivity contribution in [2.75, 3.05) is 5.73 Å². The van der Waals surface area contributed by atoms with E-state index in [9.17, 15) is 0 Å². The van der Waals surface area contributed by atoms with Gasteiger partial charge in [-0.3, -0.25) is 0 Å². The van der Waals surface area contributed by atoms with Crippen LogP contribution in [0.5, 0.6) is 0 Å². The molecule has 1 heterocycles. The van der Waals surface area contributed by atoms with Crippen LogP contribution in [0.4, 0.5) is 5.69 Å². The van der Waals surface area contributed by atoms with Crippen molar-refractivity contribution in [2.45, 2.75) is 17.6 Å². The summed E-state index contributed by atoms with van der Waals surface area (Å²) in [7, 11) is 0. The first-order valence-corrected chi connectivity index (χ1v) is 7.53. The zero-order valence-corrected chi connectivity index (χ0v) is 12.1. The first kappa shape index (κ1) is 12.0. The van der Waals surface area contributed by atoms with Crippen LogP contribution in [-0.4, -0.2) is 0 Å². The Bertz CT molecular complexity index is 494. The second kappa shape index (κ2) is 5.25. The van der Waals surface area contributed by atoms with Crippen LogP contribution in [0.1, 0.15) is 11.1 Å². The van der Waals surface area contributed by atoms with E-state index >= 15 is 0 Å². The summed E-state index contributed by atoms with van der Waals surface area (Å²) in [6.07, 6.45) is 0. The zero-order valence-electron chi connectivity index (χ0n) is 8.87. The van der Waals surface area contributed by atoms with E-state index in [0.29, 0.717) is 0 Å². The Morgan fingerprint density at radius 3 is 2.88 bits per heavy atom. The van der Waals surface area contributed by atoms with Crippen molar-refractivity contribution in [2.24, 2.45) is 0 Å². The molecule has 0 saturated carbocycles. The fourth-order valence-electron chi connectivity index (χ4n) is 1.35. The summed E-state index contributed by atoms with van der Waals surface area (Å²) in [4.78, 5) is 1.17. The molecule has 84 valence electrons. The molecule has 1 aromatic heterocycles. The molecular formula is C12H12BrNS2. The second-order valence-corrected chi connectivity index (χ2v) is 6.90. The minimum absolute atomic E-state index is 0.866. The number of benzene rings is 1. The highest BCUT2D eigenvalue weighted by Gasteiger charge is 2.02. The molecule has 0 aliphatic heterocycles. The first-order valence-electron chi connectivity index (χ1n) is 4.87. The van der Waals surface area contributed by atoms with Crippen LogP contribution in [-0.2, 0) is 5.75 Å². The van der Waals surface area contributed by atoms with Gasteiger partial charge in [0.05, 0.1) is 3.79 Å². The molecule has 2 aromatic rings. The van der Waals surface area contributed by atoms with Crippen LogP contribution in [0.2, 0.25) is 0 Å². The summed E-state index contributed by atoms with van der Waals surface area (Å²) in [5, 5.41) is 2.17. The minimum Gasteiger partial charge on any atom is -0.398 e. The number of rotatable bonds is 3. The average Bonchev–Trinajstić information content (AvgIpc) is 2.66. The summed E-state index contributed by atoms with van der Waals surface area (Å²) in [5.74, 6) is 0.968. The van der Waals surface area contributed by atoms with E-state index in [1.807, 2.05) is 12.1 Å². The van der Waals surface area contributed by atoms with Gasteiger partial charge in [0.1, 0.15) is 0 Å². The number of aryl methyl sites for hydroxylation is 1. The molecule has 2 N–H and O–H groups in total. The Balaban J connectivity index is 2.07. The summed E-state index contributed by atoms with van der Waals surface area (Å²) >= 11 is 6.98. The Labute approximate surface area is 112 Å². The third-order valence-electron chi connectivity index (χ3n) is 2.19. The molecule has 16 heavy (non-hydrogen) atoms. The van der Waals surface area contributed by atoms with Crippen LogP contribution < -0.4 is 5.73 Å². The van der Waals surface area contributed by atoms with Gasteiger partial charge in [-0.15, -0.1) is 23.1 Å². The van der Waals surface area contributed by atoms with Crippen molar-refractivity contribution < 1.29 is 0 Å². The van der Waals surface area contributed by atoms with Gasteiger partial charge < -0.3 is 5.73 Å². The van der Waals surface area contributed by atoms with Crippen LogP contribution in [0, 0.1) is 6.92 Å². The molecule has 0 aliphatic rings. The van der Waals surface area contributed by atoms with Crippen molar-refractivity contribution in [3.63, 3.8) is 0 Å². The van der Waals surface area contributed by atoms with Gasteiger partial charge in [-0.2, -0.15) is 0 Å². The largest absolute Gasteiger partial charge is 0.398 e.